The average molecular weight is 261 g/mol. The Kier molecular flexibility index (Phi) is 4.83. The Morgan fingerprint density at radius 2 is 2.12 bits per heavy atom. The van der Waals surface area contributed by atoms with Gasteiger partial charge in [-0.15, -0.1) is 0 Å². The summed E-state index contributed by atoms with van der Waals surface area (Å²) in [5.41, 5.74) is 4.84. The topological polar surface area (TPSA) is 110 Å². The van der Waals surface area contributed by atoms with E-state index in [-0.39, 0.29) is 29.2 Å². The van der Waals surface area contributed by atoms with Gasteiger partial charge < -0.3 is 15.9 Å². The van der Waals surface area contributed by atoms with Crippen LogP contribution in [0.1, 0.15) is 18.1 Å². The van der Waals surface area contributed by atoms with E-state index < -0.39 is 17.1 Å². The number of hydrogen-bond acceptors (Lipinski definition) is 5. The number of aliphatic hydroxyl groups excluding tert-OH is 2. The van der Waals surface area contributed by atoms with Gasteiger partial charge in [0.1, 0.15) is 6.10 Å². The van der Waals surface area contributed by atoms with Crippen LogP contribution in [0.25, 0.3) is 0 Å². The molecule has 0 amide bonds. The first kappa shape index (κ1) is 13.9. The minimum absolute atomic E-state index is 0.0442. The van der Waals surface area contributed by atoms with E-state index in [0.717, 1.165) is 0 Å². The molecule has 7 heteroatoms. The molecule has 94 valence electrons. The predicted octanol–water partition coefficient (Wildman–Crippen LogP) is 0.991. The molecule has 0 spiro atoms. The normalized spacial score (nSPS) is 14.4. The summed E-state index contributed by atoms with van der Waals surface area (Å²) < 4.78 is 0. The molecule has 0 heterocycles. The molecule has 0 radical (unpaired) electrons. The SMILES string of the molecule is NCCC(O)C(O)c1c(Cl)cccc1[N+](=O)[O-]. The van der Waals surface area contributed by atoms with Crippen LogP contribution in [0.2, 0.25) is 5.02 Å². The minimum Gasteiger partial charge on any atom is -0.390 e. The van der Waals surface area contributed by atoms with Gasteiger partial charge in [0.15, 0.2) is 0 Å². The third-order valence-corrected chi connectivity index (χ3v) is 2.68. The molecule has 0 aliphatic rings. The third-order valence-electron chi connectivity index (χ3n) is 2.35. The summed E-state index contributed by atoms with van der Waals surface area (Å²) in [7, 11) is 0. The Morgan fingerprint density at radius 3 is 2.65 bits per heavy atom. The standard InChI is InChI=1S/C10H13ClN2O4/c11-6-2-1-3-7(13(16)17)9(6)10(15)8(14)4-5-12/h1-3,8,10,14-15H,4-5,12H2. The van der Waals surface area contributed by atoms with E-state index in [0.29, 0.717) is 0 Å². The number of nitrogens with two attached hydrogens (primary N) is 1. The lowest BCUT2D eigenvalue weighted by molar-refractivity contribution is -0.386. The summed E-state index contributed by atoms with van der Waals surface area (Å²) in [6, 6.07) is 4.05. The minimum atomic E-state index is -1.42. The van der Waals surface area contributed by atoms with E-state index >= 15 is 0 Å². The van der Waals surface area contributed by atoms with Crippen LogP contribution in [-0.4, -0.2) is 27.8 Å². The van der Waals surface area contributed by atoms with Crippen molar-refractivity contribution in [3.05, 3.63) is 38.9 Å². The summed E-state index contributed by atoms with van der Waals surface area (Å²) in [4.78, 5) is 10.1. The molecule has 0 aliphatic heterocycles. The van der Waals surface area contributed by atoms with Gasteiger partial charge in [-0.3, -0.25) is 10.1 Å². The Morgan fingerprint density at radius 1 is 1.47 bits per heavy atom. The molecule has 1 rings (SSSR count). The van der Waals surface area contributed by atoms with Crippen LogP contribution in [0.15, 0.2) is 18.2 Å². The van der Waals surface area contributed by atoms with Crippen molar-refractivity contribution >= 4 is 17.3 Å². The largest absolute Gasteiger partial charge is 0.390 e. The van der Waals surface area contributed by atoms with Crippen LogP contribution < -0.4 is 5.73 Å². The second-order valence-corrected chi connectivity index (χ2v) is 3.93. The molecule has 2 atom stereocenters. The lowest BCUT2D eigenvalue weighted by Crippen LogP contribution is -2.22. The zero-order valence-corrected chi connectivity index (χ0v) is 9.67. The van der Waals surface area contributed by atoms with Gasteiger partial charge in [0, 0.05) is 6.07 Å². The second kappa shape index (κ2) is 5.92. The van der Waals surface area contributed by atoms with Crippen molar-refractivity contribution in [2.75, 3.05) is 6.54 Å². The Balaban J connectivity index is 3.15. The molecule has 0 saturated heterocycles. The van der Waals surface area contributed by atoms with Gasteiger partial charge >= 0.3 is 0 Å². The van der Waals surface area contributed by atoms with Crippen LogP contribution in [0.4, 0.5) is 5.69 Å². The zero-order valence-electron chi connectivity index (χ0n) is 8.91. The van der Waals surface area contributed by atoms with Crippen LogP contribution in [0.5, 0.6) is 0 Å². The van der Waals surface area contributed by atoms with Crippen molar-refractivity contribution in [3.8, 4) is 0 Å². The highest BCUT2D eigenvalue weighted by Crippen LogP contribution is 2.34. The smallest absolute Gasteiger partial charge is 0.276 e. The van der Waals surface area contributed by atoms with Crippen LogP contribution in [0.3, 0.4) is 0 Å². The molecular weight excluding hydrogens is 248 g/mol. The zero-order chi connectivity index (χ0) is 13.0. The third kappa shape index (κ3) is 3.13. The highest BCUT2D eigenvalue weighted by Gasteiger charge is 2.28. The molecule has 0 aliphatic carbocycles. The molecule has 4 N–H and O–H groups in total. The van der Waals surface area contributed by atoms with E-state index in [1.54, 1.807) is 0 Å². The second-order valence-electron chi connectivity index (χ2n) is 3.52. The molecule has 17 heavy (non-hydrogen) atoms. The highest BCUT2D eigenvalue weighted by atomic mass is 35.5. The number of nitro benzene ring substituents is 1. The molecular formula is C10H13ClN2O4. The maximum absolute atomic E-state index is 10.8. The number of halogens is 1. The van der Waals surface area contributed by atoms with E-state index in [2.05, 4.69) is 0 Å². The highest BCUT2D eigenvalue weighted by molar-refractivity contribution is 6.31. The fraction of sp³-hybridized carbons (Fsp3) is 0.400. The molecule has 6 nitrogen and oxygen atoms in total. The van der Waals surface area contributed by atoms with Crippen LogP contribution >= 0.6 is 11.6 Å². The quantitative estimate of drug-likeness (QED) is 0.540. The Bertz CT molecular complexity index is 413. The maximum atomic E-state index is 10.8. The number of rotatable bonds is 5. The van der Waals surface area contributed by atoms with Gasteiger partial charge in [0.05, 0.1) is 21.6 Å². The molecule has 0 fully saturated rings. The molecule has 1 aromatic carbocycles. The summed E-state index contributed by atoms with van der Waals surface area (Å²) in [5, 5.41) is 30.3. The van der Waals surface area contributed by atoms with E-state index in [1.165, 1.54) is 18.2 Å². The first-order valence-electron chi connectivity index (χ1n) is 4.98. The number of nitrogens with zero attached hydrogens (tertiary/aromatic N) is 1. The maximum Gasteiger partial charge on any atom is 0.276 e. The molecule has 0 saturated carbocycles. The summed E-state index contributed by atoms with van der Waals surface area (Å²) in [6.45, 7) is 0.163. The monoisotopic (exact) mass is 260 g/mol. The molecule has 2 unspecified atom stereocenters. The number of benzene rings is 1. The Hall–Kier alpha value is -1.21. The predicted molar refractivity (Wildman–Crippen MR) is 62.7 cm³/mol. The molecule has 0 aromatic heterocycles. The van der Waals surface area contributed by atoms with Crippen LogP contribution in [-0.2, 0) is 0 Å². The van der Waals surface area contributed by atoms with Crippen LogP contribution in [0, 0.1) is 10.1 Å². The molecule has 1 aromatic rings. The molecule has 0 bridgehead atoms. The van der Waals surface area contributed by atoms with Crippen molar-refractivity contribution in [1.82, 2.24) is 0 Å². The van der Waals surface area contributed by atoms with E-state index in [1.807, 2.05) is 0 Å². The van der Waals surface area contributed by atoms with Crippen molar-refractivity contribution in [2.45, 2.75) is 18.6 Å². The van der Waals surface area contributed by atoms with Gasteiger partial charge in [-0.2, -0.15) is 0 Å². The first-order chi connectivity index (χ1) is 7.99. The number of hydrogen-bond donors (Lipinski definition) is 3. The summed E-state index contributed by atoms with van der Waals surface area (Å²) in [6.07, 6.45) is -2.48. The fourth-order valence-electron chi connectivity index (χ4n) is 1.50. The van der Waals surface area contributed by atoms with Crippen molar-refractivity contribution < 1.29 is 15.1 Å². The van der Waals surface area contributed by atoms with E-state index in [4.69, 9.17) is 17.3 Å². The van der Waals surface area contributed by atoms with Gasteiger partial charge in [0.25, 0.3) is 5.69 Å². The van der Waals surface area contributed by atoms with Gasteiger partial charge in [0.2, 0.25) is 0 Å². The summed E-state index contributed by atoms with van der Waals surface area (Å²) >= 11 is 5.81. The van der Waals surface area contributed by atoms with Crippen molar-refractivity contribution in [2.24, 2.45) is 5.73 Å². The van der Waals surface area contributed by atoms with Gasteiger partial charge in [-0.1, -0.05) is 17.7 Å². The first-order valence-corrected chi connectivity index (χ1v) is 5.35. The van der Waals surface area contributed by atoms with Crippen molar-refractivity contribution in [1.29, 1.82) is 0 Å². The fourth-order valence-corrected chi connectivity index (χ4v) is 1.78. The number of aliphatic hydroxyl groups is 2. The summed E-state index contributed by atoms with van der Waals surface area (Å²) in [5.74, 6) is 0. The van der Waals surface area contributed by atoms with Crippen molar-refractivity contribution in [3.63, 3.8) is 0 Å². The lowest BCUT2D eigenvalue weighted by atomic mass is 10.0. The number of nitro groups is 1. The van der Waals surface area contributed by atoms with Gasteiger partial charge in [-0.05, 0) is 19.0 Å². The van der Waals surface area contributed by atoms with Gasteiger partial charge in [-0.25, -0.2) is 0 Å². The lowest BCUT2D eigenvalue weighted by Gasteiger charge is -2.18. The average Bonchev–Trinajstić information content (AvgIpc) is 2.28. The Labute approximate surface area is 103 Å². The van der Waals surface area contributed by atoms with E-state index in [9.17, 15) is 20.3 Å².